The lowest BCUT2D eigenvalue weighted by molar-refractivity contribution is 0.0917. The molecule has 0 atom stereocenters. The molecule has 176 valence electrons. The second-order valence-electron chi connectivity index (χ2n) is 9.09. The highest BCUT2D eigenvalue weighted by Crippen LogP contribution is 2.31. The number of nitrogen functional groups attached to an aromatic ring is 1. The molecule has 7 nitrogen and oxygen atoms in total. The van der Waals surface area contributed by atoms with Gasteiger partial charge in [0.25, 0.3) is 5.91 Å². The van der Waals surface area contributed by atoms with Crippen molar-refractivity contribution in [1.82, 2.24) is 9.88 Å². The molecule has 0 radical (unpaired) electrons. The SMILES string of the molecule is N=C(N)c1ccc2cc(C(=O)NC3CCC(N)CC3)n(Cc3cccc4sc(CO)cc34)c2c1. The largest absolute Gasteiger partial charge is 0.391 e. The van der Waals surface area contributed by atoms with Crippen molar-refractivity contribution in [3.05, 3.63) is 70.2 Å². The summed E-state index contributed by atoms with van der Waals surface area (Å²) in [5.41, 5.74) is 14.9. The Morgan fingerprint density at radius 2 is 1.94 bits per heavy atom. The number of nitrogens with one attached hydrogen (secondary N) is 2. The maximum absolute atomic E-state index is 13.4. The number of aliphatic hydroxyl groups is 1. The quantitative estimate of drug-likeness (QED) is 0.215. The third-order valence-corrected chi connectivity index (χ3v) is 7.83. The number of amides is 1. The number of carbonyl (C=O) groups is 1. The van der Waals surface area contributed by atoms with Crippen LogP contribution in [0.1, 0.15) is 52.2 Å². The third-order valence-electron chi connectivity index (χ3n) is 6.74. The van der Waals surface area contributed by atoms with Gasteiger partial charge in [-0.3, -0.25) is 10.2 Å². The Morgan fingerprint density at radius 3 is 2.68 bits per heavy atom. The van der Waals surface area contributed by atoms with Gasteiger partial charge in [0, 0.05) is 44.7 Å². The average molecular weight is 476 g/mol. The first-order chi connectivity index (χ1) is 16.4. The summed E-state index contributed by atoms with van der Waals surface area (Å²) in [5, 5.41) is 22.7. The Balaban J connectivity index is 1.57. The van der Waals surface area contributed by atoms with Crippen LogP contribution in [0.4, 0.5) is 0 Å². The highest BCUT2D eigenvalue weighted by atomic mass is 32.1. The molecule has 1 amide bonds. The van der Waals surface area contributed by atoms with E-state index in [1.165, 1.54) is 0 Å². The van der Waals surface area contributed by atoms with Gasteiger partial charge in [-0.15, -0.1) is 11.3 Å². The summed E-state index contributed by atoms with van der Waals surface area (Å²) < 4.78 is 3.11. The molecule has 2 aromatic carbocycles. The number of amidine groups is 1. The van der Waals surface area contributed by atoms with E-state index in [1.807, 2.05) is 47.0 Å². The van der Waals surface area contributed by atoms with E-state index in [0.717, 1.165) is 57.1 Å². The van der Waals surface area contributed by atoms with Gasteiger partial charge in [-0.25, -0.2) is 0 Å². The fourth-order valence-electron chi connectivity index (χ4n) is 4.86. The lowest BCUT2D eigenvalue weighted by Gasteiger charge is -2.27. The topological polar surface area (TPSA) is 130 Å². The maximum Gasteiger partial charge on any atom is 0.268 e. The van der Waals surface area contributed by atoms with E-state index in [1.54, 1.807) is 11.3 Å². The van der Waals surface area contributed by atoms with Crippen molar-refractivity contribution in [1.29, 1.82) is 5.41 Å². The molecule has 34 heavy (non-hydrogen) atoms. The first-order valence-corrected chi connectivity index (χ1v) is 12.4. The van der Waals surface area contributed by atoms with Crippen LogP contribution in [0.25, 0.3) is 21.0 Å². The second-order valence-corrected chi connectivity index (χ2v) is 10.3. The van der Waals surface area contributed by atoms with Gasteiger partial charge in [0.15, 0.2) is 0 Å². The molecule has 1 saturated carbocycles. The van der Waals surface area contributed by atoms with Crippen molar-refractivity contribution in [2.24, 2.45) is 11.5 Å². The summed E-state index contributed by atoms with van der Waals surface area (Å²) in [4.78, 5) is 14.4. The van der Waals surface area contributed by atoms with Crippen LogP contribution < -0.4 is 16.8 Å². The van der Waals surface area contributed by atoms with Gasteiger partial charge in [-0.2, -0.15) is 0 Å². The molecule has 8 heteroatoms. The highest BCUT2D eigenvalue weighted by molar-refractivity contribution is 7.19. The molecule has 0 spiro atoms. The van der Waals surface area contributed by atoms with Crippen molar-refractivity contribution in [3.8, 4) is 0 Å². The zero-order valence-electron chi connectivity index (χ0n) is 18.9. The summed E-state index contributed by atoms with van der Waals surface area (Å²) in [6, 6.07) is 16.0. The first kappa shape index (κ1) is 22.6. The zero-order valence-corrected chi connectivity index (χ0v) is 19.7. The summed E-state index contributed by atoms with van der Waals surface area (Å²) >= 11 is 1.57. The molecule has 4 aromatic rings. The number of rotatable bonds is 6. The van der Waals surface area contributed by atoms with Gasteiger partial charge in [-0.05, 0) is 60.9 Å². The van der Waals surface area contributed by atoms with Crippen LogP contribution in [0.5, 0.6) is 0 Å². The van der Waals surface area contributed by atoms with Gasteiger partial charge in [0.1, 0.15) is 11.5 Å². The standard InChI is InChI=1S/C26H29N5O2S/c27-18-6-8-19(9-7-18)30-26(33)23-10-15-4-5-16(25(28)29)11-22(15)31(23)13-17-2-1-3-24-21(17)12-20(14-32)34-24/h1-5,10-12,18-19,32H,6-9,13-14,27H2,(H3,28,29)(H,30,33). The molecule has 1 fully saturated rings. The van der Waals surface area contributed by atoms with E-state index >= 15 is 0 Å². The summed E-state index contributed by atoms with van der Waals surface area (Å²) in [7, 11) is 0. The second kappa shape index (κ2) is 9.21. The van der Waals surface area contributed by atoms with Crippen LogP contribution >= 0.6 is 11.3 Å². The van der Waals surface area contributed by atoms with Crippen LogP contribution in [-0.4, -0.2) is 33.5 Å². The van der Waals surface area contributed by atoms with Gasteiger partial charge in [-0.1, -0.05) is 24.3 Å². The zero-order chi connectivity index (χ0) is 23.8. The molecule has 5 rings (SSSR count). The Morgan fingerprint density at radius 1 is 1.15 bits per heavy atom. The number of thiophene rings is 1. The fraction of sp³-hybridized carbons (Fsp3) is 0.308. The summed E-state index contributed by atoms with van der Waals surface area (Å²) in [6.07, 6.45) is 3.62. The van der Waals surface area contributed by atoms with E-state index in [4.69, 9.17) is 16.9 Å². The number of aliphatic hydroxyl groups excluding tert-OH is 1. The number of fused-ring (bicyclic) bond motifs is 2. The minimum Gasteiger partial charge on any atom is -0.391 e. The Labute approximate surface area is 201 Å². The predicted molar refractivity (Wildman–Crippen MR) is 138 cm³/mol. The van der Waals surface area contributed by atoms with Crippen molar-refractivity contribution >= 4 is 44.1 Å². The van der Waals surface area contributed by atoms with Crippen molar-refractivity contribution in [2.75, 3.05) is 0 Å². The van der Waals surface area contributed by atoms with Crippen LogP contribution in [0.2, 0.25) is 0 Å². The third kappa shape index (κ3) is 4.32. The predicted octanol–water partition coefficient (Wildman–Crippen LogP) is 3.68. The lowest BCUT2D eigenvalue weighted by Crippen LogP contribution is -2.41. The number of nitrogens with two attached hydrogens (primary N) is 2. The molecule has 0 unspecified atom stereocenters. The fourth-order valence-corrected chi connectivity index (χ4v) is 5.83. The molecule has 2 aromatic heterocycles. The van der Waals surface area contributed by atoms with E-state index in [9.17, 15) is 9.90 Å². The number of carbonyl (C=O) groups excluding carboxylic acids is 1. The van der Waals surface area contributed by atoms with Crippen LogP contribution in [0.15, 0.2) is 48.5 Å². The molecule has 0 aliphatic heterocycles. The Bertz CT molecular complexity index is 1380. The summed E-state index contributed by atoms with van der Waals surface area (Å²) in [5.74, 6) is -0.110. The van der Waals surface area contributed by atoms with Crippen molar-refractivity contribution < 1.29 is 9.90 Å². The smallest absolute Gasteiger partial charge is 0.268 e. The van der Waals surface area contributed by atoms with E-state index in [-0.39, 0.29) is 30.4 Å². The molecule has 7 N–H and O–H groups in total. The number of nitrogens with zero attached hydrogens (tertiary/aromatic N) is 1. The molecule has 0 bridgehead atoms. The number of hydrogen-bond donors (Lipinski definition) is 5. The molecular weight excluding hydrogens is 446 g/mol. The molecule has 2 heterocycles. The minimum absolute atomic E-state index is 0.00586. The lowest BCUT2D eigenvalue weighted by atomic mass is 9.92. The maximum atomic E-state index is 13.4. The van der Waals surface area contributed by atoms with Crippen molar-refractivity contribution in [2.45, 2.75) is 50.9 Å². The van der Waals surface area contributed by atoms with Crippen molar-refractivity contribution in [3.63, 3.8) is 0 Å². The molecule has 1 aliphatic carbocycles. The Kier molecular flexibility index (Phi) is 6.12. The van der Waals surface area contributed by atoms with Gasteiger partial charge >= 0.3 is 0 Å². The molecular formula is C26H29N5O2S. The monoisotopic (exact) mass is 475 g/mol. The molecule has 1 aliphatic rings. The number of benzene rings is 2. The van der Waals surface area contributed by atoms with Crippen LogP contribution in [-0.2, 0) is 13.2 Å². The van der Waals surface area contributed by atoms with Crippen LogP contribution in [0.3, 0.4) is 0 Å². The van der Waals surface area contributed by atoms with Gasteiger partial charge < -0.3 is 26.5 Å². The van der Waals surface area contributed by atoms with Gasteiger partial charge in [0.05, 0.1) is 6.61 Å². The minimum atomic E-state index is -0.102. The average Bonchev–Trinajstić information content (AvgIpc) is 3.42. The van der Waals surface area contributed by atoms with E-state index in [0.29, 0.717) is 17.8 Å². The highest BCUT2D eigenvalue weighted by Gasteiger charge is 2.23. The Hall–Kier alpha value is -3.20. The van der Waals surface area contributed by atoms with E-state index < -0.39 is 0 Å². The summed E-state index contributed by atoms with van der Waals surface area (Å²) in [6.45, 7) is 0.494. The van der Waals surface area contributed by atoms with Crippen LogP contribution in [0, 0.1) is 5.41 Å². The van der Waals surface area contributed by atoms with Gasteiger partial charge in [0.2, 0.25) is 0 Å². The normalized spacial score (nSPS) is 18.4. The van der Waals surface area contributed by atoms with E-state index in [2.05, 4.69) is 11.4 Å². The first-order valence-electron chi connectivity index (χ1n) is 11.6. The number of hydrogen-bond acceptors (Lipinski definition) is 5. The number of aromatic nitrogens is 1. The molecule has 0 saturated heterocycles.